The monoisotopic (exact) mass is 487 g/mol. The zero-order valence-corrected chi connectivity index (χ0v) is 20.2. The van der Waals surface area contributed by atoms with Gasteiger partial charge in [-0.15, -0.1) is 0 Å². The van der Waals surface area contributed by atoms with E-state index in [1.165, 1.54) is 11.8 Å². The number of hydrogen-bond donors (Lipinski definition) is 4. The van der Waals surface area contributed by atoms with Crippen LogP contribution in [0, 0.1) is 0 Å². The number of benzene rings is 2. The summed E-state index contributed by atoms with van der Waals surface area (Å²) in [6.07, 6.45) is 2.93. The fraction of sp³-hybridized carbons (Fsp3) is 0.346. The number of nitrogens with zero attached hydrogens (tertiary/aromatic N) is 3. The number of likely N-dealkylation sites (tertiary alicyclic amines) is 1. The smallest absolute Gasteiger partial charge is 0.323 e. The van der Waals surface area contributed by atoms with Crippen LogP contribution in [-0.2, 0) is 16.0 Å². The lowest BCUT2D eigenvalue weighted by Gasteiger charge is -2.27. The first kappa shape index (κ1) is 23.5. The molecule has 36 heavy (non-hydrogen) atoms. The topological polar surface area (TPSA) is 140 Å². The lowest BCUT2D eigenvalue weighted by atomic mass is 9.94. The highest BCUT2D eigenvalue weighted by Gasteiger charge is 2.35. The third-order valence-electron chi connectivity index (χ3n) is 6.79. The van der Waals surface area contributed by atoms with E-state index in [0.29, 0.717) is 35.6 Å². The van der Waals surface area contributed by atoms with Gasteiger partial charge in [0.05, 0.1) is 35.4 Å². The first-order valence-corrected chi connectivity index (χ1v) is 12.2. The van der Waals surface area contributed by atoms with Gasteiger partial charge in [-0.3, -0.25) is 9.59 Å². The molecular weight excluding hydrogens is 458 g/mol. The molecule has 186 valence electrons. The van der Waals surface area contributed by atoms with E-state index in [0.717, 1.165) is 17.5 Å². The van der Waals surface area contributed by atoms with E-state index in [9.17, 15) is 14.4 Å². The van der Waals surface area contributed by atoms with E-state index < -0.39 is 12.1 Å². The summed E-state index contributed by atoms with van der Waals surface area (Å²) in [6.45, 7) is 4.78. The van der Waals surface area contributed by atoms with Crippen molar-refractivity contribution in [1.82, 2.24) is 35.6 Å². The molecule has 5 rings (SSSR count). The van der Waals surface area contributed by atoms with Gasteiger partial charge in [-0.1, -0.05) is 50.2 Å². The van der Waals surface area contributed by atoms with Gasteiger partial charge in [0.1, 0.15) is 6.04 Å². The number of para-hydroxylation sites is 1. The Morgan fingerprint density at radius 3 is 2.61 bits per heavy atom. The van der Waals surface area contributed by atoms with Crippen molar-refractivity contribution in [3.05, 3.63) is 81.5 Å². The number of aromatic amines is 3. The van der Waals surface area contributed by atoms with Gasteiger partial charge in [0.25, 0.3) is 0 Å². The van der Waals surface area contributed by atoms with Gasteiger partial charge < -0.3 is 20.2 Å². The number of fused-ring (bicyclic) bond motifs is 1. The van der Waals surface area contributed by atoms with Crippen molar-refractivity contribution in [3.8, 4) is 0 Å². The summed E-state index contributed by atoms with van der Waals surface area (Å²) in [7, 11) is 0. The fourth-order valence-corrected chi connectivity index (χ4v) is 4.88. The van der Waals surface area contributed by atoms with Gasteiger partial charge in [0, 0.05) is 12.1 Å². The number of aromatic nitrogens is 5. The Balaban J connectivity index is 1.46. The summed E-state index contributed by atoms with van der Waals surface area (Å²) in [5.74, 6) is -0.00962. The zero-order chi connectivity index (χ0) is 25.2. The van der Waals surface area contributed by atoms with Crippen molar-refractivity contribution in [1.29, 1.82) is 0 Å². The predicted octanol–water partition coefficient (Wildman–Crippen LogP) is 2.54. The highest BCUT2D eigenvalue weighted by atomic mass is 16.2. The minimum absolute atomic E-state index is 0.0876. The molecule has 1 saturated heterocycles. The second-order valence-electron chi connectivity index (χ2n) is 9.50. The molecule has 2 amide bonds. The number of carbonyl (C=O) groups is 2. The first-order valence-electron chi connectivity index (χ1n) is 12.2. The standard InChI is InChI=1S/C26H29N7O3/c1-15(2)16-8-10-17(11-9-16)23(19-5-3-6-20-24(19)30-26(36)28-20)29-25(35)21-7-4-12-33(21)22(34)13-18-14-27-32-31-18/h3,5-6,8-11,14-15,21,23H,4,7,12-13H2,1-2H3,(H,29,35)(H,27,31,32)(H2,28,30,36)/t21-,23+/m0/s1. The molecule has 0 unspecified atom stereocenters. The Labute approximate surface area is 207 Å². The second kappa shape index (κ2) is 9.80. The van der Waals surface area contributed by atoms with E-state index >= 15 is 0 Å². The number of amides is 2. The fourth-order valence-electron chi connectivity index (χ4n) is 4.88. The molecule has 10 nitrogen and oxygen atoms in total. The molecule has 0 radical (unpaired) electrons. The van der Waals surface area contributed by atoms with E-state index in [1.807, 2.05) is 30.3 Å². The molecule has 2 aromatic carbocycles. The molecule has 0 aliphatic carbocycles. The van der Waals surface area contributed by atoms with Crippen molar-refractivity contribution in [2.45, 2.75) is 51.1 Å². The number of H-pyrrole nitrogens is 3. The first-order chi connectivity index (χ1) is 17.4. The van der Waals surface area contributed by atoms with E-state index in [-0.39, 0.29) is 23.9 Å². The normalized spacial score (nSPS) is 16.5. The average Bonchev–Trinajstić information content (AvgIpc) is 3.62. The predicted molar refractivity (Wildman–Crippen MR) is 134 cm³/mol. The summed E-state index contributed by atoms with van der Waals surface area (Å²) < 4.78 is 0. The summed E-state index contributed by atoms with van der Waals surface area (Å²) in [5, 5.41) is 13.4. The maximum atomic E-state index is 13.6. The average molecular weight is 488 g/mol. The molecule has 0 spiro atoms. The largest absolute Gasteiger partial charge is 0.343 e. The zero-order valence-electron chi connectivity index (χ0n) is 20.2. The molecular formula is C26H29N7O3. The number of carbonyl (C=O) groups excluding carboxylic acids is 2. The summed E-state index contributed by atoms with van der Waals surface area (Å²) >= 11 is 0. The van der Waals surface area contributed by atoms with Crippen LogP contribution in [0.15, 0.2) is 53.5 Å². The number of hydrogen-bond acceptors (Lipinski definition) is 5. The highest BCUT2D eigenvalue weighted by Crippen LogP contribution is 2.29. The third kappa shape index (κ3) is 4.66. The van der Waals surface area contributed by atoms with Crippen LogP contribution in [-0.4, -0.2) is 54.7 Å². The van der Waals surface area contributed by atoms with E-state index in [4.69, 9.17) is 0 Å². The molecule has 10 heteroatoms. The van der Waals surface area contributed by atoms with Gasteiger partial charge in [0.15, 0.2) is 0 Å². The van der Waals surface area contributed by atoms with Crippen molar-refractivity contribution in [2.24, 2.45) is 0 Å². The van der Waals surface area contributed by atoms with Crippen LogP contribution in [0.4, 0.5) is 0 Å². The quantitative estimate of drug-likeness (QED) is 0.317. The minimum Gasteiger partial charge on any atom is -0.343 e. The lowest BCUT2D eigenvalue weighted by molar-refractivity contribution is -0.138. The molecule has 1 aliphatic rings. The maximum Gasteiger partial charge on any atom is 0.323 e. The van der Waals surface area contributed by atoms with Crippen LogP contribution in [0.25, 0.3) is 11.0 Å². The number of nitrogens with one attached hydrogen (secondary N) is 4. The van der Waals surface area contributed by atoms with Crippen molar-refractivity contribution >= 4 is 22.8 Å². The lowest BCUT2D eigenvalue weighted by Crippen LogP contribution is -2.47. The Morgan fingerprint density at radius 1 is 1.11 bits per heavy atom. The molecule has 2 atom stereocenters. The Morgan fingerprint density at radius 2 is 1.89 bits per heavy atom. The van der Waals surface area contributed by atoms with Crippen LogP contribution < -0.4 is 11.0 Å². The third-order valence-corrected chi connectivity index (χ3v) is 6.79. The van der Waals surface area contributed by atoms with Gasteiger partial charge >= 0.3 is 5.69 Å². The molecule has 3 heterocycles. The van der Waals surface area contributed by atoms with E-state index in [2.05, 4.69) is 56.7 Å². The van der Waals surface area contributed by atoms with Gasteiger partial charge in [-0.25, -0.2) is 4.79 Å². The van der Waals surface area contributed by atoms with Crippen molar-refractivity contribution < 1.29 is 9.59 Å². The van der Waals surface area contributed by atoms with Crippen LogP contribution in [0.2, 0.25) is 0 Å². The van der Waals surface area contributed by atoms with Gasteiger partial charge in [-0.05, 0) is 36.0 Å². The van der Waals surface area contributed by atoms with Gasteiger partial charge in [-0.2, -0.15) is 15.4 Å². The van der Waals surface area contributed by atoms with Crippen LogP contribution >= 0.6 is 0 Å². The van der Waals surface area contributed by atoms with Crippen molar-refractivity contribution in [2.75, 3.05) is 6.54 Å². The molecule has 1 aliphatic heterocycles. The number of imidazole rings is 1. The van der Waals surface area contributed by atoms with Crippen LogP contribution in [0.1, 0.15) is 61.0 Å². The molecule has 0 saturated carbocycles. The van der Waals surface area contributed by atoms with Crippen LogP contribution in [0.5, 0.6) is 0 Å². The van der Waals surface area contributed by atoms with E-state index in [1.54, 1.807) is 4.90 Å². The summed E-state index contributed by atoms with van der Waals surface area (Å²) in [4.78, 5) is 45.9. The minimum atomic E-state index is -0.577. The Kier molecular flexibility index (Phi) is 6.41. The maximum absolute atomic E-state index is 13.6. The molecule has 4 N–H and O–H groups in total. The number of rotatable bonds is 7. The molecule has 1 fully saturated rings. The van der Waals surface area contributed by atoms with Gasteiger partial charge in [0.2, 0.25) is 11.8 Å². The molecule has 2 aromatic heterocycles. The van der Waals surface area contributed by atoms with Crippen molar-refractivity contribution in [3.63, 3.8) is 0 Å². The Bertz CT molecular complexity index is 1420. The second-order valence-corrected chi connectivity index (χ2v) is 9.50. The Hall–Kier alpha value is -4.21. The SMILES string of the molecule is CC(C)c1ccc([C@@H](NC(=O)[C@@H]2CCCN2C(=O)Cc2cn[nH]n2)c2cccc3[nH]c(=O)[nH]c23)cc1. The molecule has 0 bridgehead atoms. The highest BCUT2D eigenvalue weighted by molar-refractivity contribution is 5.90. The summed E-state index contributed by atoms with van der Waals surface area (Å²) in [6, 6.07) is 12.6. The molecule has 4 aromatic rings. The summed E-state index contributed by atoms with van der Waals surface area (Å²) in [5.41, 5.74) is 4.40. The van der Waals surface area contributed by atoms with Crippen LogP contribution in [0.3, 0.4) is 0 Å².